The first-order chi connectivity index (χ1) is 7.84. The SMILES string of the molecule is Cc1c(C(F)(F)F)c2ncccc2n(C)c1=O. The number of alkyl halides is 3. The van der Waals surface area contributed by atoms with Gasteiger partial charge in [0.2, 0.25) is 0 Å². The molecule has 0 aliphatic rings. The number of fused-ring (bicyclic) bond motifs is 1. The summed E-state index contributed by atoms with van der Waals surface area (Å²) in [6.45, 7) is 1.17. The molecule has 0 saturated heterocycles. The number of hydrogen-bond donors (Lipinski definition) is 0. The van der Waals surface area contributed by atoms with Gasteiger partial charge in [0.1, 0.15) is 0 Å². The van der Waals surface area contributed by atoms with E-state index in [1.807, 2.05) is 0 Å². The molecule has 0 unspecified atom stereocenters. The number of pyridine rings is 2. The molecule has 3 nitrogen and oxygen atoms in total. The zero-order chi connectivity index (χ0) is 12.8. The Morgan fingerprint density at radius 3 is 2.59 bits per heavy atom. The molecule has 6 heteroatoms. The Labute approximate surface area is 94.5 Å². The van der Waals surface area contributed by atoms with Gasteiger partial charge < -0.3 is 4.57 Å². The normalized spacial score (nSPS) is 12.1. The quantitative estimate of drug-likeness (QED) is 0.710. The summed E-state index contributed by atoms with van der Waals surface area (Å²) in [5.74, 6) is 0. The van der Waals surface area contributed by atoms with E-state index in [4.69, 9.17) is 0 Å². The molecule has 0 atom stereocenters. The Balaban J connectivity index is 3.07. The second kappa shape index (κ2) is 3.58. The van der Waals surface area contributed by atoms with E-state index in [0.29, 0.717) is 0 Å². The van der Waals surface area contributed by atoms with Crippen molar-refractivity contribution in [1.29, 1.82) is 0 Å². The van der Waals surface area contributed by atoms with Gasteiger partial charge in [-0.05, 0) is 19.1 Å². The van der Waals surface area contributed by atoms with Crippen molar-refractivity contribution in [3.05, 3.63) is 39.8 Å². The molecule has 0 N–H and O–H groups in total. The maximum Gasteiger partial charge on any atom is 0.419 e. The van der Waals surface area contributed by atoms with E-state index in [9.17, 15) is 18.0 Å². The minimum atomic E-state index is -4.58. The molecule has 17 heavy (non-hydrogen) atoms. The summed E-state index contributed by atoms with van der Waals surface area (Å²) in [4.78, 5) is 15.4. The van der Waals surface area contributed by atoms with Crippen LogP contribution in [-0.2, 0) is 13.2 Å². The summed E-state index contributed by atoms with van der Waals surface area (Å²) < 4.78 is 39.9. The van der Waals surface area contributed by atoms with E-state index in [2.05, 4.69) is 4.98 Å². The van der Waals surface area contributed by atoms with Gasteiger partial charge in [-0.2, -0.15) is 13.2 Å². The van der Waals surface area contributed by atoms with Crippen molar-refractivity contribution >= 4 is 11.0 Å². The molecule has 0 bridgehead atoms. The maximum atomic E-state index is 12.9. The molecule has 2 rings (SSSR count). The van der Waals surface area contributed by atoms with Gasteiger partial charge in [0, 0.05) is 18.8 Å². The van der Waals surface area contributed by atoms with Crippen molar-refractivity contribution in [3.8, 4) is 0 Å². The Morgan fingerprint density at radius 2 is 2.00 bits per heavy atom. The zero-order valence-electron chi connectivity index (χ0n) is 9.17. The predicted octanol–water partition coefficient (Wildman–Crippen LogP) is 2.26. The maximum absolute atomic E-state index is 12.9. The fraction of sp³-hybridized carbons (Fsp3) is 0.273. The Morgan fingerprint density at radius 1 is 1.35 bits per heavy atom. The van der Waals surface area contributed by atoms with E-state index in [-0.39, 0.29) is 16.6 Å². The lowest BCUT2D eigenvalue weighted by atomic mass is 10.1. The third-order valence-electron chi connectivity index (χ3n) is 2.67. The van der Waals surface area contributed by atoms with Crippen molar-refractivity contribution in [3.63, 3.8) is 0 Å². The first-order valence-electron chi connectivity index (χ1n) is 4.85. The summed E-state index contributed by atoms with van der Waals surface area (Å²) in [6, 6.07) is 2.94. The van der Waals surface area contributed by atoms with E-state index < -0.39 is 17.3 Å². The molecule has 0 saturated carbocycles. The number of halogens is 3. The molecule has 0 aromatic carbocycles. The third-order valence-corrected chi connectivity index (χ3v) is 2.67. The molecule has 0 amide bonds. The molecule has 2 aromatic rings. The van der Waals surface area contributed by atoms with Crippen LogP contribution < -0.4 is 5.56 Å². The molecule has 0 spiro atoms. The predicted molar refractivity (Wildman–Crippen MR) is 56.7 cm³/mol. The highest BCUT2D eigenvalue weighted by Gasteiger charge is 2.36. The highest BCUT2D eigenvalue weighted by atomic mass is 19.4. The fourth-order valence-electron chi connectivity index (χ4n) is 1.85. The van der Waals surface area contributed by atoms with Crippen LogP contribution in [0, 0.1) is 6.92 Å². The van der Waals surface area contributed by atoms with Crippen molar-refractivity contribution in [2.24, 2.45) is 7.05 Å². The smallest absolute Gasteiger partial charge is 0.310 e. The average Bonchev–Trinajstić information content (AvgIpc) is 2.24. The van der Waals surface area contributed by atoms with E-state index in [0.717, 1.165) is 0 Å². The Bertz CT molecular complexity index is 643. The molecule has 2 heterocycles. The van der Waals surface area contributed by atoms with Gasteiger partial charge in [0.15, 0.2) is 0 Å². The number of nitrogens with zero attached hydrogens (tertiary/aromatic N) is 2. The Kier molecular flexibility index (Phi) is 2.45. The molecule has 2 aromatic heterocycles. The van der Waals surface area contributed by atoms with Crippen LogP contribution in [0.5, 0.6) is 0 Å². The lowest BCUT2D eigenvalue weighted by Gasteiger charge is -2.14. The lowest BCUT2D eigenvalue weighted by molar-refractivity contribution is -0.137. The van der Waals surface area contributed by atoms with Crippen LogP contribution in [0.3, 0.4) is 0 Å². The first-order valence-corrected chi connectivity index (χ1v) is 4.85. The zero-order valence-corrected chi connectivity index (χ0v) is 9.17. The number of rotatable bonds is 0. The summed E-state index contributed by atoms with van der Waals surface area (Å²) in [5, 5.41) is 0. The van der Waals surface area contributed by atoms with Crippen LogP contribution in [0.25, 0.3) is 11.0 Å². The largest absolute Gasteiger partial charge is 0.419 e. The van der Waals surface area contributed by atoms with Gasteiger partial charge >= 0.3 is 6.18 Å². The second-order valence-electron chi connectivity index (χ2n) is 3.73. The highest BCUT2D eigenvalue weighted by Crippen LogP contribution is 2.34. The van der Waals surface area contributed by atoms with Gasteiger partial charge in [-0.25, -0.2) is 0 Å². The second-order valence-corrected chi connectivity index (χ2v) is 3.73. The lowest BCUT2D eigenvalue weighted by Crippen LogP contribution is -2.25. The van der Waals surface area contributed by atoms with E-state index in [1.165, 1.54) is 36.9 Å². The third kappa shape index (κ3) is 1.69. The summed E-state index contributed by atoms with van der Waals surface area (Å²) in [6.07, 6.45) is -3.30. The molecule has 0 aliphatic heterocycles. The number of hydrogen-bond acceptors (Lipinski definition) is 2. The molecule has 0 aliphatic carbocycles. The monoisotopic (exact) mass is 242 g/mol. The van der Waals surface area contributed by atoms with E-state index >= 15 is 0 Å². The van der Waals surface area contributed by atoms with Gasteiger partial charge in [0.25, 0.3) is 5.56 Å². The summed E-state index contributed by atoms with van der Waals surface area (Å²) >= 11 is 0. The fourth-order valence-corrected chi connectivity index (χ4v) is 1.85. The Hall–Kier alpha value is -1.85. The van der Waals surface area contributed by atoms with Gasteiger partial charge in [-0.3, -0.25) is 9.78 Å². The summed E-state index contributed by atoms with van der Waals surface area (Å²) in [7, 11) is 1.43. The molecule has 0 radical (unpaired) electrons. The minimum Gasteiger partial charge on any atom is -0.310 e. The number of aromatic nitrogens is 2. The topological polar surface area (TPSA) is 34.9 Å². The average molecular weight is 242 g/mol. The van der Waals surface area contributed by atoms with Gasteiger partial charge in [0.05, 0.1) is 16.6 Å². The van der Waals surface area contributed by atoms with Gasteiger partial charge in [-0.15, -0.1) is 0 Å². The molecule has 0 fully saturated rings. The first kappa shape index (κ1) is 11.6. The highest BCUT2D eigenvalue weighted by molar-refractivity contribution is 5.79. The standard InChI is InChI=1S/C11H9F3N2O/c1-6-8(11(12,13)14)9-7(4-3-5-15-9)16(2)10(6)17/h3-5H,1-2H3. The van der Waals surface area contributed by atoms with Crippen molar-refractivity contribution < 1.29 is 13.2 Å². The van der Waals surface area contributed by atoms with Crippen LogP contribution in [0.1, 0.15) is 11.1 Å². The summed E-state index contributed by atoms with van der Waals surface area (Å²) in [5.41, 5.74) is -1.95. The van der Waals surface area contributed by atoms with Crippen LogP contribution in [0.2, 0.25) is 0 Å². The number of aryl methyl sites for hydroxylation is 1. The minimum absolute atomic E-state index is 0.176. The van der Waals surface area contributed by atoms with Crippen molar-refractivity contribution in [2.75, 3.05) is 0 Å². The van der Waals surface area contributed by atoms with Gasteiger partial charge in [-0.1, -0.05) is 0 Å². The van der Waals surface area contributed by atoms with Crippen molar-refractivity contribution in [1.82, 2.24) is 9.55 Å². The van der Waals surface area contributed by atoms with Crippen LogP contribution in [-0.4, -0.2) is 9.55 Å². The molecule has 90 valence electrons. The van der Waals surface area contributed by atoms with Crippen molar-refractivity contribution in [2.45, 2.75) is 13.1 Å². The van der Waals surface area contributed by atoms with Crippen LogP contribution >= 0.6 is 0 Å². The van der Waals surface area contributed by atoms with Crippen LogP contribution in [0.4, 0.5) is 13.2 Å². The molecular weight excluding hydrogens is 233 g/mol. The molecular formula is C11H9F3N2O. The van der Waals surface area contributed by atoms with Crippen LogP contribution in [0.15, 0.2) is 23.1 Å². The van der Waals surface area contributed by atoms with E-state index in [1.54, 1.807) is 0 Å².